The SMILES string of the molecule is CC(=O)N1CCN(Cc2nnc(Cc3ccccc3)o2)CC1. The second-order valence-corrected chi connectivity index (χ2v) is 5.53. The number of carbonyl (C=O) groups is 1. The molecular formula is C16H20N4O2. The van der Waals surface area contributed by atoms with Gasteiger partial charge < -0.3 is 9.32 Å². The topological polar surface area (TPSA) is 62.5 Å². The third kappa shape index (κ3) is 3.71. The number of nitrogens with zero attached hydrogens (tertiary/aromatic N) is 4. The third-order valence-corrected chi connectivity index (χ3v) is 3.88. The first kappa shape index (κ1) is 14.7. The second kappa shape index (κ2) is 6.70. The molecular weight excluding hydrogens is 280 g/mol. The molecule has 0 N–H and O–H groups in total. The molecule has 0 aliphatic carbocycles. The van der Waals surface area contributed by atoms with Crippen molar-refractivity contribution in [3.05, 3.63) is 47.7 Å². The van der Waals surface area contributed by atoms with Gasteiger partial charge in [0, 0.05) is 33.1 Å². The first-order chi connectivity index (χ1) is 10.7. The fraction of sp³-hybridized carbons (Fsp3) is 0.438. The van der Waals surface area contributed by atoms with Crippen molar-refractivity contribution in [2.24, 2.45) is 0 Å². The molecule has 1 aromatic heterocycles. The molecule has 2 aromatic rings. The van der Waals surface area contributed by atoms with Crippen LogP contribution in [0, 0.1) is 0 Å². The van der Waals surface area contributed by atoms with Gasteiger partial charge in [-0.05, 0) is 5.56 Å². The molecule has 1 aliphatic rings. The second-order valence-electron chi connectivity index (χ2n) is 5.53. The number of benzene rings is 1. The summed E-state index contributed by atoms with van der Waals surface area (Å²) >= 11 is 0. The van der Waals surface area contributed by atoms with Crippen molar-refractivity contribution < 1.29 is 9.21 Å². The number of aromatic nitrogens is 2. The highest BCUT2D eigenvalue weighted by Gasteiger charge is 2.20. The van der Waals surface area contributed by atoms with E-state index in [1.54, 1.807) is 6.92 Å². The van der Waals surface area contributed by atoms with Crippen molar-refractivity contribution in [3.8, 4) is 0 Å². The van der Waals surface area contributed by atoms with Gasteiger partial charge in [-0.15, -0.1) is 10.2 Å². The molecule has 1 saturated heterocycles. The molecule has 1 aliphatic heterocycles. The van der Waals surface area contributed by atoms with Crippen molar-refractivity contribution in [2.75, 3.05) is 26.2 Å². The number of hydrogen-bond acceptors (Lipinski definition) is 5. The molecule has 0 atom stereocenters. The molecule has 2 heterocycles. The first-order valence-corrected chi connectivity index (χ1v) is 7.54. The average molecular weight is 300 g/mol. The Morgan fingerprint density at radius 1 is 1.09 bits per heavy atom. The van der Waals surface area contributed by atoms with Gasteiger partial charge in [-0.2, -0.15) is 0 Å². The van der Waals surface area contributed by atoms with E-state index in [1.165, 1.54) is 0 Å². The molecule has 0 spiro atoms. The van der Waals surface area contributed by atoms with Crippen molar-refractivity contribution in [3.63, 3.8) is 0 Å². The average Bonchev–Trinajstić information content (AvgIpc) is 2.96. The quantitative estimate of drug-likeness (QED) is 0.852. The van der Waals surface area contributed by atoms with Crippen LogP contribution >= 0.6 is 0 Å². The minimum absolute atomic E-state index is 0.141. The third-order valence-electron chi connectivity index (χ3n) is 3.88. The van der Waals surface area contributed by atoms with Gasteiger partial charge in [0.25, 0.3) is 0 Å². The van der Waals surface area contributed by atoms with E-state index in [4.69, 9.17) is 4.42 Å². The Balaban J connectivity index is 1.53. The molecule has 1 aromatic carbocycles. The van der Waals surface area contributed by atoms with E-state index in [2.05, 4.69) is 15.1 Å². The number of hydrogen-bond donors (Lipinski definition) is 0. The smallest absolute Gasteiger partial charge is 0.230 e. The van der Waals surface area contributed by atoms with Gasteiger partial charge >= 0.3 is 0 Å². The van der Waals surface area contributed by atoms with E-state index < -0.39 is 0 Å². The van der Waals surface area contributed by atoms with E-state index in [0.29, 0.717) is 24.7 Å². The summed E-state index contributed by atoms with van der Waals surface area (Å²) < 4.78 is 5.72. The molecule has 22 heavy (non-hydrogen) atoms. The predicted octanol–water partition coefficient (Wildman–Crippen LogP) is 1.32. The Morgan fingerprint density at radius 3 is 2.45 bits per heavy atom. The van der Waals surface area contributed by atoms with E-state index in [0.717, 1.165) is 31.7 Å². The van der Waals surface area contributed by atoms with Gasteiger partial charge in [0.2, 0.25) is 17.7 Å². The molecule has 3 rings (SSSR count). The van der Waals surface area contributed by atoms with E-state index >= 15 is 0 Å². The normalized spacial score (nSPS) is 16.0. The number of carbonyl (C=O) groups excluding carboxylic acids is 1. The summed E-state index contributed by atoms with van der Waals surface area (Å²) in [4.78, 5) is 15.4. The molecule has 0 bridgehead atoms. The van der Waals surface area contributed by atoms with Gasteiger partial charge in [-0.25, -0.2) is 0 Å². The number of piperazine rings is 1. The van der Waals surface area contributed by atoms with Crippen LogP contribution in [0.25, 0.3) is 0 Å². The van der Waals surface area contributed by atoms with Crippen LogP contribution in [0.4, 0.5) is 0 Å². The van der Waals surface area contributed by atoms with Crippen LogP contribution in [0.3, 0.4) is 0 Å². The lowest BCUT2D eigenvalue weighted by molar-refractivity contribution is -0.130. The minimum atomic E-state index is 0.141. The highest BCUT2D eigenvalue weighted by Crippen LogP contribution is 2.11. The highest BCUT2D eigenvalue weighted by molar-refractivity contribution is 5.73. The van der Waals surface area contributed by atoms with Gasteiger partial charge in [-0.3, -0.25) is 9.69 Å². The van der Waals surface area contributed by atoms with Crippen LogP contribution in [0.2, 0.25) is 0 Å². The molecule has 1 amide bonds. The fourth-order valence-corrected chi connectivity index (χ4v) is 2.61. The van der Waals surface area contributed by atoms with Crippen LogP contribution in [0.1, 0.15) is 24.3 Å². The first-order valence-electron chi connectivity index (χ1n) is 7.54. The van der Waals surface area contributed by atoms with Gasteiger partial charge in [0.05, 0.1) is 13.0 Å². The lowest BCUT2D eigenvalue weighted by atomic mass is 10.2. The van der Waals surface area contributed by atoms with Crippen LogP contribution in [0.15, 0.2) is 34.7 Å². The lowest BCUT2D eigenvalue weighted by Gasteiger charge is -2.33. The summed E-state index contributed by atoms with van der Waals surface area (Å²) in [6.45, 7) is 5.48. The monoisotopic (exact) mass is 300 g/mol. The van der Waals surface area contributed by atoms with Crippen LogP contribution in [-0.2, 0) is 17.8 Å². The van der Waals surface area contributed by atoms with Crippen molar-refractivity contribution in [1.82, 2.24) is 20.0 Å². The molecule has 1 fully saturated rings. The molecule has 6 nitrogen and oxygen atoms in total. The van der Waals surface area contributed by atoms with Crippen molar-refractivity contribution in [1.29, 1.82) is 0 Å². The molecule has 6 heteroatoms. The lowest BCUT2D eigenvalue weighted by Crippen LogP contribution is -2.47. The summed E-state index contributed by atoms with van der Waals surface area (Å²) in [5.41, 5.74) is 1.16. The Labute approximate surface area is 129 Å². The van der Waals surface area contributed by atoms with Crippen LogP contribution in [0.5, 0.6) is 0 Å². The number of rotatable bonds is 4. The van der Waals surface area contributed by atoms with Gasteiger partial charge in [-0.1, -0.05) is 30.3 Å². The van der Waals surface area contributed by atoms with Crippen molar-refractivity contribution in [2.45, 2.75) is 19.9 Å². The Kier molecular flexibility index (Phi) is 4.48. The number of amides is 1. The van der Waals surface area contributed by atoms with Crippen molar-refractivity contribution >= 4 is 5.91 Å². The Hall–Kier alpha value is -2.21. The summed E-state index contributed by atoms with van der Waals surface area (Å²) in [6.07, 6.45) is 0.659. The highest BCUT2D eigenvalue weighted by atomic mass is 16.4. The largest absolute Gasteiger partial charge is 0.424 e. The summed E-state index contributed by atoms with van der Waals surface area (Å²) in [6, 6.07) is 10.1. The maximum Gasteiger partial charge on any atom is 0.230 e. The zero-order valence-electron chi connectivity index (χ0n) is 12.7. The van der Waals surface area contributed by atoms with E-state index in [-0.39, 0.29) is 5.91 Å². The van der Waals surface area contributed by atoms with Gasteiger partial charge in [0.15, 0.2) is 0 Å². The molecule has 0 saturated carbocycles. The maximum atomic E-state index is 11.3. The Bertz CT molecular complexity index is 618. The van der Waals surface area contributed by atoms with E-state index in [9.17, 15) is 4.79 Å². The molecule has 0 radical (unpaired) electrons. The standard InChI is InChI=1S/C16H20N4O2/c1-13(21)20-9-7-19(8-10-20)12-16-18-17-15(22-16)11-14-5-3-2-4-6-14/h2-6H,7-12H2,1H3. The maximum absolute atomic E-state index is 11.3. The minimum Gasteiger partial charge on any atom is -0.424 e. The van der Waals surface area contributed by atoms with Crippen LogP contribution in [-0.4, -0.2) is 52.1 Å². The molecule has 0 unspecified atom stereocenters. The zero-order chi connectivity index (χ0) is 15.4. The summed E-state index contributed by atoms with van der Waals surface area (Å²) in [7, 11) is 0. The summed E-state index contributed by atoms with van der Waals surface area (Å²) in [5, 5.41) is 8.23. The predicted molar refractivity (Wildman–Crippen MR) is 81.1 cm³/mol. The fourth-order valence-electron chi connectivity index (χ4n) is 2.61. The van der Waals surface area contributed by atoms with E-state index in [1.807, 2.05) is 35.2 Å². The molecule has 116 valence electrons. The summed E-state index contributed by atoms with van der Waals surface area (Å²) in [5.74, 6) is 1.42. The Morgan fingerprint density at radius 2 is 1.77 bits per heavy atom. The van der Waals surface area contributed by atoms with Crippen LogP contribution < -0.4 is 0 Å². The van der Waals surface area contributed by atoms with Gasteiger partial charge in [0.1, 0.15) is 0 Å². The zero-order valence-corrected chi connectivity index (χ0v) is 12.7.